The maximum atomic E-state index is 10.8. The predicted octanol–water partition coefficient (Wildman–Crippen LogP) is 1.52. The average molecular weight is 214 g/mol. The van der Waals surface area contributed by atoms with Crippen LogP contribution in [0, 0.1) is 22.7 Å². The predicted molar refractivity (Wildman–Crippen MR) is 54.3 cm³/mol. The monoisotopic (exact) mass is 214 g/mol. The van der Waals surface area contributed by atoms with Crippen molar-refractivity contribution >= 4 is 12.0 Å². The molecule has 0 atom stereocenters. The first-order chi connectivity index (χ1) is 7.58. The minimum atomic E-state index is -1.24. The molecule has 0 fully saturated rings. The van der Waals surface area contributed by atoms with Crippen molar-refractivity contribution < 1.29 is 15.0 Å². The molecule has 0 unspecified atom stereocenters. The second-order valence-electron chi connectivity index (χ2n) is 2.86. The lowest BCUT2D eigenvalue weighted by atomic mass is 10.0. The quantitative estimate of drug-likeness (QED) is 0.726. The Labute approximate surface area is 91.1 Å². The lowest BCUT2D eigenvalue weighted by Crippen LogP contribution is -1.99. The number of aromatic hydroxyl groups is 1. The highest BCUT2D eigenvalue weighted by Gasteiger charge is 2.10. The topological polar surface area (TPSA) is 105 Å². The van der Waals surface area contributed by atoms with Gasteiger partial charge in [0, 0.05) is 0 Å². The van der Waals surface area contributed by atoms with Gasteiger partial charge in [0.1, 0.15) is 23.5 Å². The summed E-state index contributed by atoms with van der Waals surface area (Å²) >= 11 is 0. The molecule has 0 bridgehead atoms. The van der Waals surface area contributed by atoms with Crippen LogP contribution in [-0.4, -0.2) is 16.2 Å². The molecule has 0 spiro atoms. The fourth-order valence-electron chi connectivity index (χ4n) is 1.10. The molecule has 0 saturated heterocycles. The molecule has 0 aliphatic carbocycles. The molecule has 0 aliphatic heterocycles. The van der Waals surface area contributed by atoms with E-state index in [2.05, 4.69) is 0 Å². The summed E-state index contributed by atoms with van der Waals surface area (Å²) in [5.74, 6) is -1.43. The van der Waals surface area contributed by atoms with Crippen LogP contribution in [-0.2, 0) is 0 Å². The van der Waals surface area contributed by atoms with Crippen molar-refractivity contribution in [2.45, 2.75) is 0 Å². The zero-order chi connectivity index (χ0) is 12.1. The number of hydrogen-bond donors (Lipinski definition) is 2. The van der Waals surface area contributed by atoms with Crippen molar-refractivity contribution in [1.29, 1.82) is 10.5 Å². The average Bonchev–Trinajstić information content (AvgIpc) is 2.27. The van der Waals surface area contributed by atoms with E-state index >= 15 is 0 Å². The van der Waals surface area contributed by atoms with Gasteiger partial charge in [-0.25, -0.2) is 4.79 Å². The van der Waals surface area contributed by atoms with Crippen molar-refractivity contribution in [1.82, 2.24) is 0 Å². The van der Waals surface area contributed by atoms with Gasteiger partial charge in [-0.3, -0.25) is 0 Å². The zero-order valence-corrected chi connectivity index (χ0v) is 8.01. The number of phenols is 1. The van der Waals surface area contributed by atoms with E-state index in [1.54, 1.807) is 12.1 Å². The standard InChI is InChI=1S/C11H6N2O3/c12-5-7(6-13)3-8-1-2-9(14)4-10(8)11(15)16/h1-4,14H,(H,15,16). The third kappa shape index (κ3) is 2.37. The van der Waals surface area contributed by atoms with E-state index in [1.807, 2.05) is 0 Å². The number of phenolic OH excluding ortho intramolecular Hbond substituents is 1. The number of nitrogens with zero attached hydrogens (tertiary/aromatic N) is 2. The smallest absolute Gasteiger partial charge is 0.336 e. The lowest BCUT2D eigenvalue weighted by molar-refractivity contribution is 0.0696. The molecule has 0 radical (unpaired) electrons. The summed E-state index contributed by atoms with van der Waals surface area (Å²) in [6.07, 6.45) is 1.16. The summed E-state index contributed by atoms with van der Waals surface area (Å²) in [4.78, 5) is 10.8. The summed E-state index contributed by atoms with van der Waals surface area (Å²) in [7, 11) is 0. The number of carboxylic acids is 1. The Morgan fingerprint density at radius 1 is 1.31 bits per heavy atom. The van der Waals surface area contributed by atoms with Crippen LogP contribution in [0.3, 0.4) is 0 Å². The number of aromatic carboxylic acids is 1. The van der Waals surface area contributed by atoms with E-state index in [0.717, 1.165) is 12.1 Å². The minimum absolute atomic E-state index is 0.164. The number of hydrogen-bond acceptors (Lipinski definition) is 4. The fourth-order valence-corrected chi connectivity index (χ4v) is 1.10. The zero-order valence-electron chi connectivity index (χ0n) is 8.01. The van der Waals surface area contributed by atoms with Gasteiger partial charge in [-0.1, -0.05) is 6.07 Å². The van der Waals surface area contributed by atoms with Crippen LogP contribution in [0.1, 0.15) is 15.9 Å². The van der Waals surface area contributed by atoms with Gasteiger partial charge in [-0.05, 0) is 23.8 Å². The largest absolute Gasteiger partial charge is 0.508 e. The van der Waals surface area contributed by atoms with Gasteiger partial charge in [0.15, 0.2) is 0 Å². The maximum absolute atomic E-state index is 10.8. The number of carbonyl (C=O) groups is 1. The van der Waals surface area contributed by atoms with Crippen molar-refractivity contribution in [3.63, 3.8) is 0 Å². The van der Waals surface area contributed by atoms with E-state index in [0.29, 0.717) is 0 Å². The third-order valence-corrected chi connectivity index (χ3v) is 1.81. The Hall–Kier alpha value is -2.79. The number of rotatable bonds is 2. The molecule has 78 valence electrons. The molecule has 0 aliphatic rings. The van der Waals surface area contributed by atoms with Gasteiger partial charge in [-0.2, -0.15) is 10.5 Å². The second kappa shape index (κ2) is 4.63. The van der Waals surface area contributed by atoms with Crippen molar-refractivity contribution in [2.24, 2.45) is 0 Å². The third-order valence-electron chi connectivity index (χ3n) is 1.81. The SMILES string of the molecule is N#CC(C#N)=Cc1ccc(O)cc1C(=O)O. The summed E-state index contributed by atoms with van der Waals surface area (Å²) in [6, 6.07) is 6.92. The Morgan fingerprint density at radius 2 is 1.94 bits per heavy atom. The molecule has 0 saturated carbocycles. The summed E-state index contributed by atoms with van der Waals surface area (Å²) in [5.41, 5.74) is -0.167. The van der Waals surface area contributed by atoms with Gasteiger partial charge in [-0.15, -0.1) is 0 Å². The van der Waals surface area contributed by atoms with E-state index in [4.69, 9.17) is 20.7 Å². The molecule has 5 nitrogen and oxygen atoms in total. The molecule has 0 aromatic heterocycles. The van der Waals surface area contributed by atoms with Crippen LogP contribution in [0.15, 0.2) is 23.8 Å². The number of allylic oxidation sites excluding steroid dienone is 1. The van der Waals surface area contributed by atoms with Crippen LogP contribution < -0.4 is 0 Å². The molecule has 16 heavy (non-hydrogen) atoms. The normalized spacial score (nSPS) is 8.62. The van der Waals surface area contributed by atoms with Crippen LogP contribution in [0.5, 0.6) is 5.75 Å². The Morgan fingerprint density at radius 3 is 2.44 bits per heavy atom. The van der Waals surface area contributed by atoms with Gasteiger partial charge in [0.2, 0.25) is 0 Å². The van der Waals surface area contributed by atoms with Gasteiger partial charge < -0.3 is 10.2 Å². The van der Waals surface area contributed by atoms with E-state index < -0.39 is 5.97 Å². The lowest BCUT2D eigenvalue weighted by Gasteiger charge is -2.01. The van der Waals surface area contributed by atoms with Gasteiger partial charge in [0.25, 0.3) is 0 Å². The Bertz CT molecular complexity index is 531. The number of nitriles is 2. The van der Waals surface area contributed by atoms with Crippen molar-refractivity contribution in [3.05, 3.63) is 34.9 Å². The maximum Gasteiger partial charge on any atom is 0.336 e. The first-order valence-electron chi connectivity index (χ1n) is 4.16. The highest BCUT2D eigenvalue weighted by molar-refractivity contribution is 5.93. The molecule has 2 N–H and O–H groups in total. The molecular weight excluding hydrogens is 208 g/mol. The fraction of sp³-hybridized carbons (Fsp3) is 0. The Kier molecular flexibility index (Phi) is 3.26. The molecule has 1 rings (SSSR count). The van der Waals surface area contributed by atoms with Crippen molar-refractivity contribution in [2.75, 3.05) is 0 Å². The van der Waals surface area contributed by atoms with Crippen molar-refractivity contribution in [3.8, 4) is 17.9 Å². The van der Waals surface area contributed by atoms with Crippen LogP contribution >= 0.6 is 0 Å². The van der Waals surface area contributed by atoms with Gasteiger partial charge >= 0.3 is 5.97 Å². The molecule has 5 heteroatoms. The summed E-state index contributed by atoms with van der Waals surface area (Å²) in [6.45, 7) is 0. The van der Waals surface area contributed by atoms with Gasteiger partial charge in [0.05, 0.1) is 5.56 Å². The van der Waals surface area contributed by atoms with Crippen LogP contribution in [0.2, 0.25) is 0 Å². The molecular formula is C11H6N2O3. The van der Waals surface area contributed by atoms with E-state index in [1.165, 1.54) is 12.1 Å². The molecule has 1 aromatic rings. The highest BCUT2D eigenvalue weighted by Crippen LogP contribution is 2.19. The van der Waals surface area contributed by atoms with E-state index in [9.17, 15) is 4.79 Å². The second-order valence-corrected chi connectivity index (χ2v) is 2.86. The molecule has 1 aromatic carbocycles. The minimum Gasteiger partial charge on any atom is -0.508 e. The molecule has 0 heterocycles. The van der Waals surface area contributed by atoms with Crippen LogP contribution in [0.25, 0.3) is 6.08 Å². The number of benzene rings is 1. The van der Waals surface area contributed by atoms with Crippen LogP contribution in [0.4, 0.5) is 0 Å². The first kappa shape index (κ1) is 11.3. The molecule has 0 amide bonds. The summed E-state index contributed by atoms with van der Waals surface area (Å²) in [5, 5.41) is 35.0. The Balaban J connectivity index is 3.37. The number of carboxylic acid groups (broad SMARTS) is 1. The first-order valence-corrected chi connectivity index (χ1v) is 4.16. The summed E-state index contributed by atoms with van der Waals surface area (Å²) < 4.78 is 0. The highest BCUT2D eigenvalue weighted by atomic mass is 16.4. The van der Waals surface area contributed by atoms with E-state index in [-0.39, 0.29) is 22.4 Å².